The lowest BCUT2D eigenvalue weighted by molar-refractivity contribution is 0.626. The molecule has 0 fully saturated rings. The molecule has 0 aliphatic rings. The van der Waals surface area contributed by atoms with Gasteiger partial charge < -0.3 is 11.1 Å². The normalized spacial score (nSPS) is 10.1. The van der Waals surface area contributed by atoms with Crippen LogP contribution in [-0.2, 0) is 0 Å². The molecule has 92 valence electrons. The first-order valence-electron chi connectivity index (χ1n) is 5.18. The largest absolute Gasteiger partial charge is 0.389 e. The third-order valence-corrected chi connectivity index (χ3v) is 2.80. The minimum absolute atomic E-state index is 0.0433. The van der Waals surface area contributed by atoms with Crippen molar-refractivity contribution in [2.24, 2.45) is 5.73 Å². The summed E-state index contributed by atoms with van der Waals surface area (Å²) in [6.07, 6.45) is 0. The number of rotatable bonds is 3. The third-order valence-electron chi connectivity index (χ3n) is 2.35. The number of benzene rings is 2. The highest BCUT2D eigenvalue weighted by Crippen LogP contribution is 2.21. The molecule has 0 saturated heterocycles. The van der Waals surface area contributed by atoms with Crippen molar-refractivity contribution in [3.8, 4) is 0 Å². The summed E-state index contributed by atoms with van der Waals surface area (Å²) in [5, 5.41) is 3.65. The Kier molecular flexibility index (Phi) is 3.79. The molecule has 0 unspecified atom stereocenters. The van der Waals surface area contributed by atoms with E-state index in [-0.39, 0.29) is 10.6 Å². The minimum Gasteiger partial charge on any atom is -0.389 e. The van der Waals surface area contributed by atoms with Crippen molar-refractivity contribution >= 4 is 40.2 Å². The van der Waals surface area contributed by atoms with Crippen LogP contribution in [0.5, 0.6) is 0 Å². The molecule has 0 heterocycles. The average molecular weight is 281 g/mol. The van der Waals surface area contributed by atoms with E-state index in [4.69, 9.17) is 29.6 Å². The lowest BCUT2D eigenvalue weighted by atomic mass is 10.2. The van der Waals surface area contributed by atoms with Crippen LogP contribution in [0.4, 0.5) is 15.8 Å². The Morgan fingerprint density at radius 1 is 1.17 bits per heavy atom. The Balaban J connectivity index is 2.25. The molecule has 3 N–H and O–H groups in total. The molecular weight excluding hydrogens is 271 g/mol. The predicted octanol–water partition coefficient (Wildman–Crippen LogP) is 3.86. The summed E-state index contributed by atoms with van der Waals surface area (Å²) in [6.45, 7) is 0. The van der Waals surface area contributed by atoms with Gasteiger partial charge in [0.05, 0.1) is 0 Å². The molecule has 2 rings (SSSR count). The van der Waals surface area contributed by atoms with Crippen LogP contribution in [-0.4, -0.2) is 4.99 Å². The molecule has 5 heteroatoms. The van der Waals surface area contributed by atoms with Crippen molar-refractivity contribution in [2.45, 2.75) is 0 Å². The molecule has 0 aromatic heterocycles. The minimum atomic E-state index is -0.450. The van der Waals surface area contributed by atoms with E-state index in [1.54, 1.807) is 24.3 Å². The summed E-state index contributed by atoms with van der Waals surface area (Å²) in [5.74, 6) is -0.450. The van der Waals surface area contributed by atoms with Crippen LogP contribution in [0.15, 0.2) is 42.5 Å². The number of anilines is 2. The Labute approximate surface area is 115 Å². The van der Waals surface area contributed by atoms with E-state index < -0.39 is 5.82 Å². The predicted molar refractivity (Wildman–Crippen MR) is 77.0 cm³/mol. The van der Waals surface area contributed by atoms with E-state index in [0.717, 1.165) is 5.69 Å². The van der Waals surface area contributed by atoms with Crippen LogP contribution in [0.25, 0.3) is 0 Å². The summed E-state index contributed by atoms with van der Waals surface area (Å²) in [5.41, 5.74) is 7.02. The molecule has 2 nitrogen and oxygen atoms in total. The first-order valence-corrected chi connectivity index (χ1v) is 5.97. The van der Waals surface area contributed by atoms with Crippen LogP contribution in [0, 0.1) is 5.82 Å². The van der Waals surface area contributed by atoms with E-state index in [1.165, 1.54) is 6.07 Å². The second kappa shape index (κ2) is 5.33. The van der Waals surface area contributed by atoms with Gasteiger partial charge in [-0.05, 0) is 36.4 Å². The highest BCUT2D eigenvalue weighted by Gasteiger charge is 2.06. The first-order chi connectivity index (χ1) is 8.56. The molecule has 0 aliphatic carbocycles. The van der Waals surface area contributed by atoms with Gasteiger partial charge in [0, 0.05) is 22.0 Å². The Hall–Kier alpha value is -1.65. The smallest absolute Gasteiger partial charge is 0.135 e. The number of nitrogens with two attached hydrogens (primary N) is 1. The van der Waals surface area contributed by atoms with Crippen LogP contribution in [0.1, 0.15) is 5.56 Å². The average Bonchev–Trinajstić information content (AvgIpc) is 2.28. The second-order valence-corrected chi connectivity index (χ2v) is 4.57. The molecule has 0 amide bonds. The van der Waals surface area contributed by atoms with Crippen molar-refractivity contribution in [1.29, 1.82) is 0 Å². The van der Waals surface area contributed by atoms with Crippen LogP contribution in [0.2, 0.25) is 5.02 Å². The number of halogens is 2. The van der Waals surface area contributed by atoms with Crippen LogP contribution in [0.3, 0.4) is 0 Å². The van der Waals surface area contributed by atoms with Crippen molar-refractivity contribution in [3.05, 3.63) is 58.9 Å². The van der Waals surface area contributed by atoms with Gasteiger partial charge in [0.1, 0.15) is 10.8 Å². The van der Waals surface area contributed by atoms with Gasteiger partial charge in [0.2, 0.25) is 0 Å². The molecule has 0 aliphatic heterocycles. The zero-order valence-corrected chi connectivity index (χ0v) is 10.9. The van der Waals surface area contributed by atoms with E-state index in [9.17, 15) is 4.39 Å². The van der Waals surface area contributed by atoms with Crippen molar-refractivity contribution in [3.63, 3.8) is 0 Å². The standard InChI is InChI=1S/C13H10ClFN2S/c14-8-2-1-3-9(6-8)17-10-4-5-11(13(16)18)12(15)7-10/h1-7,17H,(H2,16,18). The molecule has 0 bridgehead atoms. The molecule has 0 atom stereocenters. The number of hydrogen-bond donors (Lipinski definition) is 2. The molecule has 0 radical (unpaired) electrons. The zero-order chi connectivity index (χ0) is 13.1. The monoisotopic (exact) mass is 280 g/mol. The second-order valence-electron chi connectivity index (χ2n) is 3.69. The van der Waals surface area contributed by atoms with Crippen molar-refractivity contribution < 1.29 is 4.39 Å². The zero-order valence-electron chi connectivity index (χ0n) is 9.28. The third kappa shape index (κ3) is 2.97. The number of nitrogens with one attached hydrogen (secondary N) is 1. The molecule has 18 heavy (non-hydrogen) atoms. The van der Waals surface area contributed by atoms with Crippen molar-refractivity contribution in [2.75, 3.05) is 5.32 Å². The quantitative estimate of drug-likeness (QED) is 0.839. The van der Waals surface area contributed by atoms with E-state index in [0.29, 0.717) is 10.7 Å². The Morgan fingerprint density at radius 2 is 1.89 bits per heavy atom. The fourth-order valence-electron chi connectivity index (χ4n) is 1.53. The summed E-state index contributed by atoms with van der Waals surface area (Å²) in [4.78, 5) is 0.0433. The summed E-state index contributed by atoms with van der Waals surface area (Å²) in [6, 6.07) is 11.8. The maximum atomic E-state index is 13.6. The van der Waals surface area contributed by atoms with Gasteiger partial charge in [-0.15, -0.1) is 0 Å². The highest BCUT2D eigenvalue weighted by molar-refractivity contribution is 7.80. The molecule has 0 spiro atoms. The topological polar surface area (TPSA) is 38.0 Å². The van der Waals surface area contributed by atoms with Gasteiger partial charge >= 0.3 is 0 Å². The number of hydrogen-bond acceptors (Lipinski definition) is 2. The maximum absolute atomic E-state index is 13.6. The van der Waals surface area contributed by atoms with Gasteiger partial charge in [-0.2, -0.15) is 0 Å². The Morgan fingerprint density at radius 3 is 2.50 bits per heavy atom. The SMILES string of the molecule is NC(=S)c1ccc(Nc2cccc(Cl)c2)cc1F. The summed E-state index contributed by atoms with van der Waals surface area (Å²) in [7, 11) is 0. The van der Waals surface area contributed by atoms with E-state index >= 15 is 0 Å². The lowest BCUT2D eigenvalue weighted by Crippen LogP contribution is -2.11. The highest BCUT2D eigenvalue weighted by atomic mass is 35.5. The molecular formula is C13H10ClFN2S. The van der Waals surface area contributed by atoms with E-state index in [1.807, 2.05) is 12.1 Å². The summed E-state index contributed by atoms with van der Waals surface area (Å²) >= 11 is 10.6. The van der Waals surface area contributed by atoms with E-state index in [2.05, 4.69) is 5.32 Å². The lowest BCUT2D eigenvalue weighted by Gasteiger charge is -2.08. The van der Waals surface area contributed by atoms with Crippen LogP contribution < -0.4 is 11.1 Å². The van der Waals surface area contributed by atoms with Gasteiger partial charge in [-0.3, -0.25) is 0 Å². The molecule has 2 aromatic rings. The maximum Gasteiger partial charge on any atom is 0.135 e. The van der Waals surface area contributed by atoms with Gasteiger partial charge in [0.15, 0.2) is 0 Å². The van der Waals surface area contributed by atoms with Crippen molar-refractivity contribution in [1.82, 2.24) is 0 Å². The first kappa shape index (κ1) is 12.8. The number of thiocarbonyl (C=S) groups is 1. The van der Waals surface area contributed by atoms with Gasteiger partial charge in [-0.25, -0.2) is 4.39 Å². The fraction of sp³-hybridized carbons (Fsp3) is 0. The summed E-state index contributed by atoms with van der Waals surface area (Å²) < 4.78 is 13.6. The Bertz CT molecular complexity index is 601. The van der Waals surface area contributed by atoms with Gasteiger partial charge in [-0.1, -0.05) is 29.9 Å². The van der Waals surface area contributed by atoms with Crippen LogP contribution >= 0.6 is 23.8 Å². The molecule has 0 saturated carbocycles. The molecule has 2 aromatic carbocycles. The fourth-order valence-corrected chi connectivity index (χ4v) is 1.88. The van der Waals surface area contributed by atoms with Gasteiger partial charge in [0.25, 0.3) is 0 Å².